The zero-order valence-corrected chi connectivity index (χ0v) is 19.1. The third-order valence-electron chi connectivity index (χ3n) is 5.01. The predicted octanol–water partition coefficient (Wildman–Crippen LogP) is 4.38. The molecule has 8 heteroatoms. The molecule has 1 heterocycles. The molecular weight excluding hydrogens is 439 g/mol. The number of carbonyl (C=O) groups excluding carboxylic acids is 2. The highest BCUT2D eigenvalue weighted by Crippen LogP contribution is 2.41. The third-order valence-corrected chi connectivity index (χ3v) is 5.74. The molecule has 3 rings (SSSR count). The minimum absolute atomic E-state index is 0.00999. The molecule has 1 atom stereocenters. The van der Waals surface area contributed by atoms with E-state index in [1.165, 1.54) is 4.90 Å². The van der Waals surface area contributed by atoms with Crippen LogP contribution >= 0.6 is 23.2 Å². The van der Waals surface area contributed by atoms with E-state index in [1.54, 1.807) is 42.5 Å². The molecule has 1 N–H and O–H groups in total. The van der Waals surface area contributed by atoms with Crippen LogP contribution in [0, 0.1) is 0 Å². The van der Waals surface area contributed by atoms with Crippen molar-refractivity contribution in [1.82, 2.24) is 9.80 Å². The Bertz CT molecular complexity index is 1040. The molecule has 1 aliphatic heterocycles. The van der Waals surface area contributed by atoms with Gasteiger partial charge in [-0.05, 0) is 50.8 Å². The lowest BCUT2D eigenvalue weighted by Gasteiger charge is -2.26. The van der Waals surface area contributed by atoms with Crippen LogP contribution in [0.4, 0.5) is 0 Å². The molecule has 0 spiro atoms. The van der Waals surface area contributed by atoms with E-state index in [4.69, 9.17) is 27.9 Å². The van der Waals surface area contributed by atoms with E-state index in [9.17, 15) is 14.7 Å². The van der Waals surface area contributed by atoms with Crippen molar-refractivity contribution in [2.24, 2.45) is 0 Å². The molecule has 31 heavy (non-hydrogen) atoms. The number of amides is 1. The van der Waals surface area contributed by atoms with Crippen molar-refractivity contribution in [2.45, 2.75) is 13.0 Å². The summed E-state index contributed by atoms with van der Waals surface area (Å²) in [5.74, 6) is -1.11. The highest BCUT2D eigenvalue weighted by Gasteiger charge is 2.46. The summed E-state index contributed by atoms with van der Waals surface area (Å²) in [6.07, 6.45) is 0. The Labute approximate surface area is 191 Å². The standard InChI is InChI=1S/C23H24Cl2N2O4/c1-4-31-16-7-5-6-15(12-16)21(28)19-20(14-8-9-17(24)18(25)13-14)27(11-10-26(2)3)23(30)22(19)29/h5-9,12-13,20,28H,4,10-11H2,1-3H3. The molecule has 2 aromatic rings. The maximum atomic E-state index is 13.0. The fourth-order valence-electron chi connectivity index (χ4n) is 3.50. The summed E-state index contributed by atoms with van der Waals surface area (Å²) in [7, 11) is 3.76. The Morgan fingerprint density at radius 1 is 1.13 bits per heavy atom. The van der Waals surface area contributed by atoms with Crippen molar-refractivity contribution in [3.63, 3.8) is 0 Å². The number of hydrogen-bond acceptors (Lipinski definition) is 5. The monoisotopic (exact) mass is 462 g/mol. The second-order valence-electron chi connectivity index (χ2n) is 7.43. The summed E-state index contributed by atoms with van der Waals surface area (Å²) >= 11 is 12.3. The highest BCUT2D eigenvalue weighted by molar-refractivity contribution is 6.46. The van der Waals surface area contributed by atoms with Gasteiger partial charge in [0.1, 0.15) is 11.5 Å². The zero-order valence-electron chi connectivity index (χ0n) is 17.6. The summed E-state index contributed by atoms with van der Waals surface area (Å²) in [4.78, 5) is 29.3. The molecule has 1 saturated heterocycles. The lowest BCUT2D eigenvalue weighted by Crippen LogP contribution is -2.35. The molecule has 1 aliphatic rings. The van der Waals surface area contributed by atoms with Crippen LogP contribution in [0.5, 0.6) is 5.75 Å². The SMILES string of the molecule is CCOc1cccc(C(O)=C2C(=O)C(=O)N(CCN(C)C)C2c2ccc(Cl)c(Cl)c2)c1. The van der Waals surface area contributed by atoms with Crippen LogP contribution in [-0.2, 0) is 9.59 Å². The Balaban J connectivity index is 2.16. The van der Waals surface area contributed by atoms with E-state index < -0.39 is 17.7 Å². The van der Waals surface area contributed by atoms with Gasteiger partial charge in [-0.1, -0.05) is 41.4 Å². The van der Waals surface area contributed by atoms with Crippen molar-refractivity contribution in [1.29, 1.82) is 0 Å². The van der Waals surface area contributed by atoms with Gasteiger partial charge in [0, 0.05) is 18.7 Å². The van der Waals surface area contributed by atoms with Gasteiger partial charge in [0.25, 0.3) is 11.7 Å². The van der Waals surface area contributed by atoms with Gasteiger partial charge in [-0.2, -0.15) is 0 Å². The number of carbonyl (C=O) groups is 2. The third kappa shape index (κ3) is 4.87. The predicted molar refractivity (Wildman–Crippen MR) is 122 cm³/mol. The number of aliphatic hydroxyl groups is 1. The molecule has 2 aromatic carbocycles. The first kappa shape index (κ1) is 23.1. The first-order valence-corrected chi connectivity index (χ1v) is 10.6. The van der Waals surface area contributed by atoms with E-state index >= 15 is 0 Å². The number of rotatable bonds is 7. The smallest absolute Gasteiger partial charge is 0.295 e. The number of benzene rings is 2. The Kier molecular flexibility index (Phi) is 7.26. The number of likely N-dealkylation sites (tertiary alicyclic amines) is 1. The quantitative estimate of drug-likeness (QED) is 0.375. The molecule has 1 amide bonds. The molecule has 6 nitrogen and oxygen atoms in total. The van der Waals surface area contributed by atoms with Crippen LogP contribution < -0.4 is 4.74 Å². The van der Waals surface area contributed by atoms with E-state index in [2.05, 4.69) is 0 Å². The highest BCUT2D eigenvalue weighted by atomic mass is 35.5. The van der Waals surface area contributed by atoms with E-state index in [0.29, 0.717) is 46.6 Å². The number of nitrogens with zero attached hydrogens (tertiary/aromatic N) is 2. The molecule has 164 valence electrons. The number of hydrogen-bond donors (Lipinski definition) is 1. The summed E-state index contributed by atoms with van der Waals surface area (Å²) in [5.41, 5.74) is 0.993. The van der Waals surface area contributed by atoms with Crippen LogP contribution in [-0.4, -0.2) is 60.4 Å². The lowest BCUT2D eigenvalue weighted by atomic mass is 9.95. The van der Waals surface area contributed by atoms with Gasteiger partial charge in [-0.25, -0.2) is 0 Å². The van der Waals surface area contributed by atoms with E-state index in [1.807, 2.05) is 25.9 Å². The van der Waals surface area contributed by atoms with E-state index in [0.717, 1.165) is 0 Å². The van der Waals surface area contributed by atoms with Crippen molar-refractivity contribution in [3.8, 4) is 5.75 Å². The topological polar surface area (TPSA) is 70.1 Å². The molecule has 0 radical (unpaired) electrons. The second kappa shape index (κ2) is 9.73. The molecule has 1 fully saturated rings. The fraction of sp³-hybridized carbons (Fsp3) is 0.304. The number of ketones is 1. The summed E-state index contributed by atoms with van der Waals surface area (Å²) in [6, 6.07) is 10.9. The Hall–Kier alpha value is -2.54. The van der Waals surface area contributed by atoms with Crippen molar-refractivity contribution in [3.05, 3.63) is 69.2 Å². The van der Waals surface area contributed by atoms with Crippen molar-refractivity contribution >= 4 is 40.7 Å². The number of halogens is 2. The van der Waals surface area contributed by atoms with Gasteiger partial charge in [0.05, 0.1) is 28.3 Å². The number of ether oxygens (including phenoxy) is 1. The minimum atomic E-state index is -0.787. The molecule has 0 aliphatic carbocycles. The molecule has 0 aromatic heterocycles. The molecular formula is C23H24Cl2N2O4. The summed E-state index contributed by atoms with van der Waals surface area (Å²) in [6.45, 7) is 3.17. The second-order valence-corrected chi connectivity index (χ2v) is 8.24. The summed E-state index contributed by atoms with van der Waals surface area (Å²) < 4.78 is 5.50. The molecule has 0 saturated carbocycles. The van der Waals surface area contributed by atoms with Gasteiger partial charge >= 0.3 is 0 Å². The van der Waals surface area contributed by atoms with Crippen LogP contribution in [0.25, 0.3) is 5.76 Å². The lowest BCUT2D eigenvalue weighted by molar-refractivity contribution is -0.140. The molecule has 0 bridgehead atoms. The average molecular weight is 463 g/mol. The van der Waals surface area contributed by atoms with Crippen LogP contribution in [0.15, 0.2) is 48.0 Å². The number of aliphatic hydroxyl groups excluding tert-OH is 1. The fourth-order valence-corrected chi connectivity index (χ4v) is 3.81. The average Bonchev–Trinajstić information content (AvgIpc) is 2.99. The van der Waals surface area contributed by atoms with E-state index in [-0.39, 0.29) is 11.3 Å². The van der Waals surface area contributed by atoms with Gasteiger partial charge in [0.15, 0.2) is 0 Å². The van der Waals surface area contributed by atoms with Crippen LogP contribution in [0.2, 0.25) is 10.0 Å². The Morgan fingerprint density at radius 3 is 2.52 bits per heavy atom. The maximum absolute atomic E-state index is 13.0. The molecule has 1 unspecified atom stereocenters. The zero-order chi connectivity index (χ0) is 22.7. The van der Waals surface area contributed by atoms with Gasteiger partial charge < -0.3 is 19.6 Å². The number of likely N-dealkylation sites (N-methyl/N-ethyl adjacent to an activating group) is 1. The van der Waals surface area contributed by atoms with Crippen LogP contribution in [0.1, 0.15) is 24.1 Å². The van der Waals surface area contributed by atoms with Crippen molar-refractivity contribution in [2.75, 3.05) is 33.8 Å². The minimum Gasteiger partial charge on any atom is -0.507 e. The first-order chi connectivity index (χ1) is 14.7. The van der Waals surface area contributed by atoms with Gasteiger partial charge in [-0.15, -0.1) is 0 Å². The van der Waals surface area contributed by atoms with Gasteiger partial charge in [-0.3, -0.25) is 9.59 Å². The first-order valence-electron chi connectivity index (χ1n) is 9.86. The Morgan fingerprint density at radius 2 is 1.87 bits per heavy atom. The van der Waals surface area contributed by atoms with Crippen LogP contribution in [0.3, 0.4) is 0 Å². The van der Waals surface area contributed by atoms with Gasteiger partial charge in [0.2, 0.25) is 0 Å². The van der Waals surface area contributed by atoms with Crippen molar-refractivity contribution < 1.29 is 19.4 Å². The maximum Gasteiger partial charge on any atom is 0.295 e. The largest absolute Gasteiger partial charge is 0.507 e. The normalized spacial score (nSPS) is 18.1. The number of Topliss-reactive ketones (excluding diaryl/α,β-unsaturated/α-hetero) is 1. The summed E-state index contributed by atoms with van der Waals surface area (Å²) in [5, 5.41) is 11.8.